The van der Waals surface area contributed by atoms with E-state index in [9.17, 15) is 9.90 Å². The van der Waals surface area contributed by atoms with Crippen LogP contribution in [-0.2, 0) is 7.05 Å². The zero-order valence-electron chi connectivity index (χ0n) is 12.4. The van der Waals surface area contributed by atoms with Crippen LogP contribution in [0.5, 0.6) is 0 Å². The summed E-state index contributed by atoms with van der Waals surface area (Å²) in [6, 6.07) is 11.7. The Morgan fingerprint density at radius 2 is 2.18 bits per heavy atom. The minimum absolute atomic E-state index is 0.176. The van der Waals surface area contributed by atoms with Gasteiger partial charge in [0.1, 0.15) is 11.8 Å². The molecule has 1 unspecified atom stereocenters. The first kappa shape index (κ1) is 14.7. The van der Waals surface area contributed by atoms with Gasteiger partial charge in [-0.05, 0) is 30.5 Å². The van der Waals surface area contributed by atoms with Crippen LogP contribution in [0.15, 0.2) is 36.4 Å². The van der Waals surface area contributed by atoms with Crippen LogP contribution in [0.25, 0.3) is 10.1 Å². The van der Waals surface area contributed by atoms with E-state index in [0.717, 1.165) is 20.7 Å². The van der Waals surface area contributed by atoms with Crippen molar-refractivity contribution in [3.63, 3.8) is 0 Å². The highest BCUT2D eigenvalue weighted by Crippen LogP contribution is 2.29. The standard InChI is InChI=1S/C16H17N3O2S/c1-10-7-12(19(2)18-10)16(21)17-9-13(20)15-8-11-5-3-4-6-14(11)22-15/h3-8,13,20H,9H2,1-2H3,(H,17,21). The fourth-order valence-corrected chi connectivity index (χ4v) is 3.42. The zero-order chi connectivity index (χ0) is 15.7. The summed E-state index contributed by atoms with van der Waals surface area (Å²) >= 11 is 1.54. The van der Waals surface area contributed by atoms with E-state index in [0.29, 0.717) is 5.69 Å². The number of benzene rings is 1. The fourth-order valence-electron chi connectivity index (χ4n) is 2.37. The Hall–Kier alpha value is -2.18. The minimum atomic E-state index is -0.712. The van der Waals surface area contributed by atoms with E-state index in [4.69, 9.17) is 0 Å². The maximum Gasteiger partial charge on any atom is 0.269 e. The number of amides is 1. The summed E-state index contributed by atoms with van der Waals surface area (Å²) in [6.07, 6.45) is -0.712. The molecule has 3 aromatic rings. The van der Waals surface area contributed by atoms with Gasteiger partial charge in [-0.25, -0.2) is 0 Å². The lowest BCUT2D eigenvalue weighted by Gasteiger charge is -2.10. The third-order valence-corrected chi connectivity index (χ3v) is 4.68. The highest BCUT2D eigenvalue weighted by molar-refractivity contribution is 7.19. The molecule has 0 saturated carbocycles. The number of carbonyl (C=O) groups excluding carboxylic acids is 1. The number of nitrogens with one attached hydrogen (secondary N) is 1. The summed E-state index contributed by atoms with van der Waals surface area (Å²) in [5, 5.41) is 18.3. The van der Waals surface area contributed by atoms with Crippen molar-refractivity contribution >= 4 is 27.3 Å². The van der Waals surface area contributed by atoms with Gasteiger partial charge in [-0.2, -0.15) is 5.10 Å². The molecule has 0 aliphatic carbocycles. The smallest absolute Gasteiger partial charge is 0.269 e. The second kappa shape index (κ2) is 5.90. The molecule has 0 spiro atoms. The number of aromatic nitrogens is 2. The number of fused-ring (bicyclic) bond motifs is 1. The normalized spacial score (nSPS) is 12.5. The maximum absolute atomic E-state index is 12.1. The van der Waals surface area contributed by atoms with Crippen molar-refractivity contribution in [1.82, 2.24) is 15.1 Å². The molecule has 0 aliphatic rings. The monoisotopic (exact) mass is 315 g/mol. The Morgan fingerprint density at radius 3 is 2.86 bits per heavy atom. The Morgan fingerprint density at radius 1 is 1.41 bits per heavy atom. The third kappa shape index (κ3) is 2.88. The van der Waals surface area contributed by atoms with Crippen molar-refractivity contribution in [1.29, 1.82) is 0 Å². The van der Waals surface area contributed by atoms with Crippen LogP contribution in [0.3, 0.4) is 0 Å². The molecule has 0 aliphatic heterocycles. The molecule has 6 heteroatoms. The molecule has 2 N–H and O–H groups in total. The number of aliphatic hydroxyl groups excluding tert-OH is 1. The number of hydrogen-bond donors (Lipinski definition) is 2. The Balaban J connectivity index is 1.68. The molecule has 2 heterocycles. The van der Waals surface area contributed by atoms with Crippen LogP contribution < -0.4 is 5.32 Å². The number of aliphatic hydroxyl groups is 1. The quantitative estimate of drug-likeness (QED) is 0.777. The lowest BCUT2D eigenvalue weighted by molar-refractivity contribution is 0.0908. The molecule has 1 aromatic carbocycles. The van der Waals surface area contributed by atoms with Gasteiger partial charge in [-0.1, -0.05) is 18.2 Å². The van der Waals surface area contributed by atoms with Crippen LogP contribution in [0, 0.1) is 6.92 Å². The molecule has 0 radical (unpaired) electrons. The molecule has 0 bridgehead atoms. The van der Waals surface area contributed by atoms with E-state index in [-0.39, 0.29) is 12.5 Å². The minimum Gasteiger partial charge on any atom is -0.386 e. The number of rotatable bonds is 4. The van der Waals surface area contributed by atoms with Crippen molar-refractivity contribution < 1.29 is 9.90 Å². The van der Waals surface area contributed by atoms with Crippen molar-refractivity contribution in [2.45, 2.75) is 13.0 Å². The first-order valence-electron chi connectivity index (χ1n) is 7.00. The number of hydrogen-bond acceptors (Lipinski definition) is 4. The van der Waals surface area contributed by atoms with E-state index in [1.54, 1.807) is 24.5 Å². The van der Waals surface area contributed by atoms with E-state index < -0.39 is 6.10 Å². The molecule has 1 atom stereocenters. The summed E-state index contributed by atoms with van der Waals surface area (Å²) in [6.45, 7) is 2.01. The Bertz CT molecular complexity index is 789. The largest absolute Gasteiger partial charge is 0.386 e. The molecule has 3 rings (SSSR count). The third-order valence-electron chi connectivity index (χ3n) is 3.46. The summed E-state index contributed by atoms with van der Waals surface area (Å²) < 4.78 is 2.67. The lowest BCUT2D eigenvalue weighted by atomic mass is 10.2. The predicted molar refractivity (Wildman–Crippen MR) is 87.1 cm³/mol. The van der Waals surface area contributed by atoms with Gasteiger partial charge < -0.3 is 10.4 Å². The molecular weight excluding hydrogens is 298 g/mol. The van der Waals surface area contributed by atoms with Crippen LogP contribution in [0.4, 0.5) is 0 Å². The summed E-state index contributed by atoms with van der Waals surface area (Å²) in [5.41, 5.74) is 1.28. The molecule has 22 heavy (non-hydrogen) atoms. The summed E-state index contributed by atoms with van der Waals surface area (Å²) in [4.78, 5) is 13.0. The molecule has 5 nitrogen and oxygen atoms in total. The van der Waals surface area contributed by atoms with Crippen molar-refractivity contribution in [2.75, 3.05) is 6.54 Å². The van der Waals surface area contributed by atoms with E-state index in [1.807, 2.05) is 37.3 Å². The predicted octanol–water partition coefficient (Wildman–Crippen LogP) is 2.41. The van der Waals surface area contributed by atoms with Gasteiger partial charge in [0, 0.05) is 23.2 Å². The van der Waals surface area contributed by atoms with Gasteiger partial charge in [0.25, 0.3) is 5.91 Å². The number of carbonyl (C=O) groups is 1. The maximum atomic E-state index is 12.1. The van der Waals surface area contributed by atoms with Crippen LogP contribution >= 0.6 is 11.3 Å². The van der Waals surface area contributed by atoms with Gasteiger partial charge in [0.05, 0.1) is 5.69 Å². The molecule has 0 saturated heterocycles. The number of nitrogens with zero attached hydrogens (tertiary/aromatic N) is 2. The van der Waals surface area contributed by atoms with E-state index in [1.165, 1.54) is 4.68 Å². The summed E-state index contributed by atoms with van der Waals surface area (Å²) in [5.74, 6) is -0.233. The number of thiophene rings is 1. The van der Waals surface area contributed by atoms with Crippen LogP contribution in [0.2, 0.25) is 0 Å². The molecule has 2 aromatic heterocycles. The SMILES string of the molecule is Cc1cc(C(=O)NCC(O)c2cc3ccccc3s2)n(C)n1. The second-order valence-electron chi connectivity index (χ2n) is 5.21. The second-order valence-corrected chi connectivity index (χ2v) is 6.32. The highest BCUT2D eigenvalue weighted by atomic mass is 32.1. The molecular formula is C16H17N3O2S. The summed E-state index contributed by atoms with van der Waals surface area (Å²) in [7, 11) is 1.73. The first-order valence-corrected chi connectivity index (χ1v) is 7.81. The average Bonchev–Trinajstić information content (AvgIpc) is 3.07. The Kier molecular flexibility index (Phi) is 3.96. The van der Waals surface area contributed by atoms with Gasteiger partial charge in [-0.3, -0.25) is 9.48 Å². The lowest BCUT2D eigenvalue weighted by Crippen LogP contribution is -2.29. The molecule has 1 amide bonds. The van der Waals surface area contributed by atoms with Gasteiger partial charge in [-0.15, -0.1) is 11.3 Å². The Labute approximate surface area is 132 Å². The van der Waals surface area contributed by atoms with Crippen molar-refractivity contribution in [3.05, 3.63) is 52.7 Å². The highest BCUT2D eigenvalue weighted by Gasteiger charge is 2.15. The van der Waals surface area contributed by atoms with Crippen LogP contribution in [0.1, 0.15) is 27.2 Å². The van der Waals surface area contributed by atoms with Crippen molar-refractivity contribution in [3.8, 4) is 0 Å². The van der Waals surface area contributed by atoms with Gasteiger partial charge >= 0.3 is 0 Å². The van der Waals surface area contributed by atoms with Gasteiger partial charge in [0.2, 0.25) is 0 Å². The molecule has 0 fully saturated rings. The van der Waals surface area contributed by atoms with Crippen LogP contribution in [-0.4, -0.2) is 27.3 Å². The van der Waals surface area contributed by atoms with Crippen molar-refractivity contribution in [2.24, 2.45) is 7.05 Å². The topological polar surface area (TPSA) is 67.2 Å². The van der Waals surface area contributed by atoms with E-state index >= 15 is 0 Å². The zero-order valence-corrected chi connectivity index (χ0v) is 13.2. The first-order chi connectivity index (χ1) is 10.5. The van der Waals surface area contributed by atoms with E-state index in [2.05, 4.69) is 10.4 Å². The average molecular weight is 315 g/mol. The number of aryl methyl sites for hydroxylation is 2. The molecule has 114 valence electrons. The van der Waals surface area contributed by atoms with Gasteiger partial charge in [0.15, 0.2) is 0 Å². The fraction of sp³-hybridized carbons (Fsp3) is 0.250.